The Morgan fingerprint density at radius 1 is 0.867 bits per heavy atom. The van der Waals surface area contributed by atoms with Crippen LogP contribution in [0, 0.1) is 0 Å². The molecule has 0 radical (unpaired) electrons. The van der Waals surface area contributed by atoms with E-state index in [1.54, 1.807) is 11.0 Å². The van der Waals surface area contributed by atoms with Crippen LogP contribution in [0.15, 0.2) is 78.9 Å². The van der Waals surface area contributed by atoms with Gasteiger partial charge in [0.2, 0.25) is 5.91 Å². The lowest BCUT2D eigenvalue weighted by atomic mass is 10.0. The molecule has 3 aromatic carbocycles. The van der Waals surface area contributed by atoms with Crippen LogP contribution in [0.2, 0.25) is 0 Å². The van der Waals surface area contributed by atoms with E-state index < -0.39 is 0 Å². The van der Waals surface area contributed by atoms with Crippen molar-refractivity contribution in [1.29, 1.82) is 0 Å². The van der Waals surface area contributed by atoms with Crippen molar-refractivity contribution in [2.75, 3.05) is 18.4 Å². The van der Waals surface area contributed by atoms with Gasteiger partial charge in [-0.25, -0.2) is 4.79 Å². The Balaban J connectivity index is 1.28. The number of likely N-dealkylation sites (tertiary alicyclic amines) is 1. The van der Waals surface area contributed by atoms with E-state index in [1.807, 2.05) is 60.7 Å². The van der Waals surface area contributed by atoms with Gasteiger partial charge in [0.25, 0.3) is 0 Å². The Morgan fingerprint density at radius 3 is 2.37 bits per heavy atom. The quantitative estimate of drug-likeness (QED) is 0.627. The van der Waals surface area contributed by atoms with E-state index in [9.17, 15) is 9.59 Å². The monoisotopic (exact) mass is 399 g/mol. The fourth-order valence-corrected chi connectivity index (χ4v) is 3.76. The first kappa shape index (κ1) is 19.7. The van der Waals surface area contributed by atoms with Gasteiger partial charge in [-0.05, 0) is 47.4 Å². The number of anilines is 1. The average Bonchev–Trinajstić information content (AvgIpc) is 2.79. The van der Waals surface area contributed by atoms with Gasteiger partial charge in [-0.3, -0.25) is 4.79 Å². The predicted octanol–water partition coefficient (Wildman–Crippen LogP) is 4.67. The molecule has 0 unspecified atom stereocenters. The van der Waals surface area contributed by atoms with Gasteiger partial charge in [0, 0.05) is 30.9 Å². The maximum Gasteiger partial charge on any atom is 0.321 e. The lowest BCUT2D eigenvalue weighted by Crippen LogP contribution is -2.47. The highest BCUT2D eigenvalue weighted by molar-refractivity contribution is 5.96. The molecule has 3 aromatic rings. The number of fused-ring (bicyclic) bond motifs is 1. The van der Waals surface area contributed by atoms with E-state index in [0.717, 1.165) is 34.9 Å². The number of piperidine rings is 1. The first-order valence-electron chi connectivity index (χ1n) is 10.3. The van der Waals surface area contributed by atoms with Gasteiger partial charge in [-0.15, -0.1) is 0 Å². The second-order valence-corrected chi connectivity index (χ2v) is 7.47. The highest BCUT2D eigenvalue weighted by Gasteiger charge is 2.23. The molecule has 30 heavy (non-hydrogen) atoms. The van der Waals surface area contributed by atoms with Gasteiger partial charge in [0.15, 0.2) is 0 Å². The van der Waals surface area contributed by atoms with Crippen LogP contribution >= 0.6 is 0 Å². The van der Waals surface area contributed by atoms with E-state index in [2.05, 4.69) is 28.8 Å². The molecule has 2 N–H and O–H groups in total. The van der Waals surface area contributed by atoms with Crippen molar-refractivity contribution < 1.29 is 9.59 Å². The average molecular weight is 399 g/mol. The fourth-order valence-electron chi connectivity index (χ4n) is 3.76. The van der Waals surface area contributed by atoms with Crippen LogP contribution in [0.1, 0.15) is 18.4 Å². The van der Waals surface area contributed by atoms with Gasteiger partial charge >= 0.3 is 6.03 Å². The second kappa shape index (κ2) is 9.27. The predicted molar refractivity (Wildman–Crippen MR) is 121 cm³/mol. The van der Waals surface area contributed by atoms with Crippen molar-refractivity contribution in [2.45, 2.75) is 18.9 Å². The smallest absolute Gasteiger partial charge is 0.321 e. The van der Waals surface area contributed by atoms with Crippen LogP contribution in [-0.4, -0.2) is 36.0 Å². The van der Waals surface area contributed by atoms with Gasteiger partial charge in [0.05, 0.1) is 0 Å². The summed E-state index contributed by atoms with van der Waals surface area (Å²) in [7, 11) is 0. The zero-order valence-corrected chi connectivity index (χ0v) is 16.8. The summed E-state index contributed by atoms with van der Waals surface area (Å²) in [6.07, 6.45) is 4.95. The summed E-state index contributed by atoms with van der Waals surface area (Å²) in [4.78, 5) is 26.6. The zero-order valence-electron chi connectivity index (χ0n) is 16.8. The highest BCUT2D eigenvalue weighted by atomic mass is 16.2. The summed E-state index contributed by atoms with van der Waals surface area (Å²) in [5.41, 5.74) is 1.81. The molecule has 0 aliphatic carbocycles. The Morgan fingerprint density at radius 2 is 1.57 bits per heavy atom. The van der Waals surface area contributed by atoms with Crippen LogP contribution in [0.4, 0.5) is 10.5 Å². The molecule has 5 nitrogen and oxygen atoms in total. The highest BCUT2D eigenvalue weighted by Crippen LogP contribution is 2.19. The third-order valence-corrected chi connectivity index (χ3v) is 5.39. The molecule has 0 bridgehead atoms. The number of nitrogens with one attached hydrogen (secondary N) is 2. The van der Waals surface area contributed by atoms with Crippen molar-refractivity contribution in [1.82, 2.24) is 10.2 Å². The van der Waals surface area contributed by atoms with Crippen molar-refractivity contribution in [3.05, 3.63) is 84.4 Å². The molecule has 0 atom stereocenters. The number of para-hydroxylation sites is 1. The van der Waals surface area contributed by atoms with Crippen LogP contribution < -0.4 is 10.6 Å². The summed E-state index contributed by atoms with van der Waals surface area (Å²) in [6, 6.07) is 23.6. The minimum Gasteiger partial charge on any atom is -0.350 e. The number of urea groups is 1. The van der Waals surface area contributed by atoms with Crippen molar-refractivity contribution >= 4 is 34.5 Å². The van der Waals surface area contributed by atoms with Gasteiger partial charge in [-0.2, -0.15) is 0 Å². The number of carbonyl (C=O) groups is 2. The van der Waals surface area contributed by atoms with E-state index in [0.29, 0.717) is 13.1 Å². The molecule has 0 saturated carbocycles. The zero-order chi connectivity index (χ0) is 20.8. The van der Waals surface area contributed by atoms with Gasteiger partial charge < -0.3 is 15.5 Å². The lowest BCUT2D eigenvalue weighted by Gasteiger charge is -2.32. The van der Waals surface area contributed by atoms with E-state index in [4.69, 9.17) is 0 Å². The SMILES string of the molecule is O=C(/C=C/c1cccc2ccccc12)NC1CCN(C(=O)Nc2ccccc2)CC1. The number of benzene rings is 3. The topological polar surface area (TPSA) is 61.4 Å². The fraction of sp³-hybridized carbons (Fsp3) is 0.200. The van der Waals surface area contributed by atoms with Crippen molar-refractivity contribution in [2.24, 2.45) is 0 Å². The Labute approximate surface area is 176 Å². The summed E-state index contributed by atoms with van der Waals surface area (Å²) < 4.78 is 0. The molecule has 5 heteroatoms. The molecular weight excluding hydrogens is 374 g/mol. The summed E-state index contributed by atoms with van der Waals surface area (Å²) in [6.45, 7) is 1.24. The normalized spacial score (nSPS) is 14.7. The van der Waals surface area contributed by atoms with E-state index in [-0.39, 0.29) is 18.0 Å². The Hall–Kier alpha value is -3.60. The molecule has 1 fully saturated rings. The maximum absolute atomic E-state index is 12.4. The Kier molecular flexibility index (Phi) is 6.09. The lowest BCUT2D eigenvalue weighted by molar-refractivity contribution is -0.117. The maximum atomic E-state index is 12.4. The molecule has 1 aliphatic rings. The number of rotatable bonds is 4. The number of carbonyl (C=O) groups excluding carboxylic acids is 2. The number of amides is 3. The molecule has 0 spiro atoms. The second-order valence-electron chi connectivity index (χ2n) is 7.47. The summed E-state index contributed by atoms with van der Waals surface area (Å²) >= 11 is 0. The minimum absolute atomic E-state index is 0.0791. The molecule has 152 valence electrons. The number of hydrogen-bond donors (Lipinski definition) is 2. The van der Waals surface area contributed by atoms with E-state index >= 15 is 0 Å². The van der Waals surface area contributed by atoms with Crippen LogP contribution in [0.25, 0.3) is 16.8 Å². The van der Waals surface area contributed by atoms with Crippen LogP contribution in [0.3, 0.4) is 0 Å². The molecule has 1 heterocycles. The van der Waals surface area contributed by atoms with Crippen molar-refractivity contribution in [3.8, 4) is 0 Å². The molecular formula is C25H25N3O2. The molecule has 3 amide bonds. The van der Waals surface area contributed by atoms with Gasteiger partial charge in [0.1, 0.15) is 0 Å². The number of nitrogens with zero attached hydrogens (tertiary/aromatic N) is 1. The van der Waals surface area contributed by atoms with Gasteiger partial charge in [-0.1, -0.05) is 60.7 Å². The minimum atomic E-state index is -0.102. The summed E-state index contributed by atoms with van der Waals surface area (Å²) in [5, 5.41) is 8.25. The van der Waals surface area contributed by atoms with Crippen molar-refractivity contribution in [3.63, 3.8) is 0 Å². The third kappa shape index (κ3) is 4.87. The van der Waals surface area contributed by atoms with Crippen LogP contribution in [-0.2, 0) is 4.79 Å². The third-order valence-electron chi connectivity index (χ3n) is 5.39. The molecule has 1 saturated heterocycles. The van der Waals surface area contributed by atoms with Crippen LogP contribution in [0.5, 0.6) is 0 Å². The number of hydrogen-bond acceptors (Lipinski definition) is 2. The molecule has 0 aromatic heterocycles. The molecule has 4 rings (SSSR count). The summed E-state index contributed by atoms with van der Waals surface area (Å²) in [5.74, 6) is -0.102. The molecule has 1 aliphatic heterocycles. The largest absolute Gasteiger partial charge is 0.350 e. The first-order chi connectivity index (χ1) is 14.7. The first-order valence-corrected chi connectivity index (χ1v) is 10.3. The standard InChI is InChI=1S/C25H25N3O2/c29-24(14-13-20-9-6-8-19-7-4-5-12-23(19)20)26-22-15-17-28(18-16-22)25(30)27-21-10-2-1-3-11-21/h1-14,22H,15-18H2,(H,26,29)(H,27,30)/b14-13+. The van der Waals surface area contributed by atoms with E-state index in [1.165, 1.54) is 0 Å². The Bertz CT molecular complexity index is 1050.